The third-order valence-electron chi connectivity index (χ3n) is 1.56. The van der Waals surface area contributed by atoms with Crippen LogP contribution >= 0.6 is 11.9 Å². The Hall–Kier alpha value is -1.11. The Morgan fingerprint density at radius 1 is 1.50 bits per heavy atom. The van der Waals surface area contributed by atoms with Crippen LogP contribution in [0.15, 0.2) is 9.57 Å². The highest BCUT2D eigenvalue weighted by Gasteiger charge is 2.07. The number of carbonyl (C=O) groups is 1. The normalized spacial score (nSPS) is 11.7. The first-order valence-corrected chi connectivity index (χ1v) is 5.10. The Balaban J connectivity index is 3.57. The van der Waals surface area contributed by atoms with Crippen LogP contribution in [0.2, 0.25) is 0 Å². The topological polar surface area (TPSA) is 111 Å². The summed E-state index contributed by atoms with van der Waals surface area (Å²) in [7, 11) is 0. The van der Waals surface area contributed by atoms with Gasteiger partial charge in [0, 0.05) is 34.7 Å². The molecule has 0 rings (SSSR count). The Morgan fingerprint density at radius 2 is 2.21 bits per heavy atom. The number of guanidine groups is 1. The highest BCUT2D eigenvalue weighted by atomic mass is 32.2. The molecule has 1 unspecified atom stereocenters. The van der Waals surface area contributed by atoms with Crippen LogP contribution in [0.3, 0.4) is 0 Å². The zero-order chi connectivity index (χ0) is 10.8. The summed E-state index contributed by atoms with van der Waals surface area (Å²) in [6.45, 7) is 0.506. The molecular weight excluding hydrogens is 204 g/mol. The molecule has 0 amide bonds. The summed E-state index contributed by atoms with van der Waals surface area (Å²) in [6, 6.07) is 0. The number of rotatable bonds is 8. The largest absolute Gasteiger partial charge is 0.370 e. The van der Waals surface area contributed by atoms with Crippen molar-refractivity contribution < 1.29 is 4.79 Å². The lowest BCUT2D eigenvalue weighted by Crippen LogP contribution is -2.23. The molecule has 0 saturated carbocycles. The van der Waals surface area contributed by atoms with Gasteiger partial charge in [-0.25, -0.2) is 0 Å². The van der Waals surface area contributed by atoms with Crippen LogP contribution in [0, 0.1) is 10.8 Å². The Labute approximate surface area is 86.6 Å². The second-order valence-electron chi connectivity index (χ2n) is 2.72. The predicted octanol–water partition coefficient (Wildman–Crippen LogP) is 0.270. The highest BCUT2D eigenvalue weighted by molar-refractivity contribution is 7.97. The molecule has 7 heteroatoms. The zero-order valence-corrected chi connectivity index (χ0v) is 8.57. The molecule has 0 aromatic heterocycles. The van der Waals surface area contributed by atoms with Crippen molar-refractivity contribution in [1.82, 2.24) is 0 Å². The van der Waals surface area contributed by atoms with E-state index in [1.165, 1.54) is 0 Å². The lowest BCUT2D eigenvalue weighted by Gasteiger charge is -2.04. The van der Waals surface area contributed by atoms with E-state index in [1.807, 2.05) is 0 Å². The molecule has 0 fully saturated rings. The van der Waals surface area contributed by atoms with Crippen LogP contribution < -0.4 is 11.5 Å². The molecular formula is C7H14N4O2S. The van der Waals surface area contributed by atoms with Crippen molar-refractivity contribution in [2.75, 3.05) is 12.3 Å². The minimum atomic E-state index is -0.146. The molecule has 0 radical (unpaired) electrons. The molecule has 4 N–H and O–H groups in total. The second kappa shape index (κ2) is 8.49. The molecule has 0 aliphatic rings. The van der Waals surface area contributed by atoms with Crippen molar-refractivity contribution in [2.24, 2.45) is 27.0 Å². The number of carbonyl (C=O) groups excluding carboxylic acids is 1. The van der Waals surface area contributed by atoms with E-state index in [-0.39, 0.29) is 11.9 Å². The van der Waals surface area contributed by atoms with E-state index in [9.17, 15) is 9.70 Å². The number of aliphatic imine (C=N–C) groups is 1. The predicted molar refractivity (Wildman–Crippen MR) is 57.7 cm³/mol. The number of aldehydes is 1. The van der Waals surface area contributed by atoms with Crippen molar-refractivity contribution >= 4 is 24.2 Å². The lowest BCUT2D eigenvalue weighted by molar-refractivity contribution is -0.110. The number of hydrogen-bond acceptors (Lipinski definition) is 5. The third-order valence-corrected chi connectivity index (χ3v) is 2.24. The van der Waals surface area contributed by atoms with Gasteiger partial charge in [-0.1, -0.05) is 0 Å². The monoisotopic (exact) mass is 218 g/mol. The van der Waals surface area contributed by atoms with E-state index >= 15 is 0 Å². The summed E-state index contributed by atoms with van der Waals surface area (Å²) in [5.41, 5.74) is 10.2. The first kappa shape index (κ1) is 12.9. The molecule has 14 heavy (non-hydrogen) atoms. The number of nitroso groups, excluding NO2 is 1. The van der Waals surface area contributed by atoms with Crippen LogP contribution in [-0.4, -0.2) is 24.5 Å². The van der Waals surface area contributed by atoms with Gasteiger partial charge in [0.25, 0.3) is 0 Å². The minimum absolute atomic E-state index is 0.0524. The van der Waals surface area contributed by atoms with E-state index in [0.29, 0.717) is 18.7 Å². The van der Waals surface area contributed by atoms with Gasteiger partial charge in [0.15, 0.2) is 5.96 Å². The van der Waals surface area contributed by atoms with Gasteiger partial charge in [-0.05, 0) is 12.8 Å². The van der Waals surface area contributed by atoms with Gasteiger partial charge >= 0.3 is 0 Å². The number of nitrogens with two attached hydrogens (primary N) is 2. The van der Waals surface area contributed by atoms with Crippen molar-refractivity contribution in [1.29, 1.82) is 0 Å². The summed E-state index contributed by atoms with van der Waals surface area (Å²) in [6.07, 6.45) is 2.22. The van der Waals surface area contributed by atoms with Crippen LogP contribution in [0.5, 0.6) is 0 Å². The Morgan fingerprint density at radius 3 is 2.71 bits per heavy atom. The van der Waals surface area contributed by atoms with Gasteiger partial charge in [-0.15, -0.1) is 4.91 Å². The van der Waals surface area contributed by atoms with Gasteiger partial charge in [0.1, 0.15) is 6.29 Å². The van der Waals surface area contributed by atoms with Gasteiger partial charge in [0.05, 0.1) is 0 Å². The number of nitrogens with zero attached hydrogens (tertiary/aromatic N) is 2. The smallest absolute Gasteiger partial charge is 0.185 e. The van der Waals surface area contributed by atoms with Gasteiger partial charge in [-0.3, -0.25) is 4.99 Å². The Bertz CT molecular complexity index is 206. The second-order valence-corrected chi connectivity index (χ2v) is 3.46. The van der Waals surface area contributed by atoms with E-state index in [0.717, 1.165) is 24.7 Å². The molecule has 0 saturated heterocycles. The first-order valence-electron chi connectivity index (χ1n) is 4.16. The molecule has 0 aromatic carbocycles. The van der Waals surface area contributed by atoms with Crippen molar-refractivity contribution in [3.05, 3.63) is 4.91 Å². The fourth-order valence-corrected chi connectivity index (χ4v) is 1.38. The summed E-state index contributed by atoms with van der Waals surface area (Å²) in [4.78, 5) is 24.1. The van der Waals surface area contributed by atoms with E-state index in [4.69, 9.17) is 11.5 Å². The maximum absolute atomic E-state index is 10.5. The molecule has 6 nitrogen and oxygen atoms in total. The van der Waals surface area contributed by atoms with E-state index < -0.39 is 0 Å². The fraction of sp³-hybridized carbons (Fsp3) is 0.714. The zero-order valence-electron chi connectivity index (χ0n) is 7.76. The molecule has 0 heterocycles. The first-order chi connectivity index (χ1) is 6.70. The average molecular weight is 218 g/mol. The SMILES string of the molecule is NC(N)=NCCCC(C=O)CSN=O. The van der Waals surface area contributed by atoms with Crippen molar-refractivity contribution in [3.63, 3.8) is 0 Å². The summed E-state index contributed by atoms with van der Waals surface area (Å²) < 4.78 is 2.62. The maximum Gasteiger partial charge on any atom is 0.185 e. The minimum Gasteiger partial charge on any atom is -0.370 e. The standard InChI is InChI=1S/C7H14N4O2S/c8-7(9)10-3-1-2-6(4-12)5-14-11-13/h4,6H,1-3,5H2,(H4,8,9,10). The Kier molecular flexibility index (Phi) is 7.81. The molecule has 1 atom stereocenters. The van der Waals surface area contributed by atoms with Crippen LogP contribution in [0.25, 0.3) is 0 Å². The van der Waals surface area contributed by atoms with Crippen molar-refractivity contribution in [2.45, 2.75) is 12.8 Å². The van der Waals surface area contributed by atoms with Crippen LogP contribution in [0.1, 0.15) is 12.8 Å². The fourth-order valence-electron chi connectivity index (χ4n) is 0.878. The van der Waals surface area contributed by atoms with Gasteiger partial charge in [0.2, 0.25) is 0 Å². The van der Waals surface area contributed by atoms with Gasteiger partial charge < -0.3 is 16.3 Å². The molecule has 0 aliphatic heterocycles. The molecule has 0 bridgehead atoms. The lowest BCUT2D eigenvalue weighted by atomic mass is 10.1. The highest BCUT2D eigenvalue weighted by Crippen LogP contribution is 2.12. The maximum atomic E-state index is 10.5. The molecule has 80 valence electrons. The number of hydrogen-bond donors (Lipinski definition) is 2. The van der Waals surface area contributed by atoms with Crippen LogP contribution in [-0.2, 0) is 4.79 Å². The molecule has 0 aromatic rings. The molecule has 0 aliphatic carbocycles. The summed E-state index contributed by atoms with van der Waals surface area (Å²) in [5, 5.41) is 0. The quantitative estimate of drug-likeness (QED) is 0.152. The van der Waals surface area contributed by atoms with Crippen molar-refractivity contribution in [3.8, 4) is 0 Å². The molecule has 0 spiro atoms. The van der Waals surface area contributed by atoms with Crippen LogP contribution in [0.4, 0.5) is 0 Å². The summed E-state index contributed by atoms with van der Waals surface area (Å²) >= 11 is 0.858. The van der Waals surface area contributed by atoms with E-state index in [1.54, 1.807) is 0 Å². The van der Waals surface area contributed by atoms with E-state index in [2.05, 4.69) is 9.57 Å². The summed E-state index contributed by atoms with van der Waals surface area (Å²) in [5.74, 6) is 0.331. The van der Waals surface area contributed by atoms with Gasteiger partial charge in [-0.2, -0.15) is 0 Å². The average Bonchev–Trinajstić information content (AvgIpc) is 2.16. The third kappa shape index (κ3) is 7.53.